The molecule has 1 saturated heterocycles. The Morgan fingerprint density at radius 2 is 2.08 bits per heavy atom. The minimum Gasteiger partial charge on any atom is -0.341 e. The van der Waals surface area contributed by atoms with Gasteiger partial charge in [0.25, 0.3) is 0 Å². The molecule has 0 saturated carbocycles. The summed E-state index contributed by atoms with van der Waals surface area (Å²) < 4.78 is 0. The lowest BCUT2D eigenvalue weighted by Gasteiger charge is -2.14. The highest BCUT2D eigenvalue weighted by Crippen LogP contribution is 2.05. The van der Waals surface area contributed by atoms with E-state index in [2.05, 4.69) is 15.5 Å². The first-order valence-electron chi connectivity index (χ1n) is 4.51. The zero-order chi connectivity index (χ0) is 8.81. The number of amides is 2. The average molecular weight is 171 g/mol. The van der Waals surface area contributed by atoms with E-state index in [9.17, 15) is 4.79 Å². The van der Waals surface area contributed by atoms with Crippen molar-refractivity contribution in [3.05, 3.63) is 0 Å². The van der Waals surface area contributed by atoms with Crippen LogP contribution in [0.3, 0.4) is 0 Å². The zero-order valence-corrected chi connectivity index (χ0v) is 7.60. The summed E-state index contributed by atoms with van der Waals surface area (Å²) in [4.78, 5) is 13.1. The molecule has 2 N–H and O–H groups in total. The van der Waals surface area contributed by atoms with E-state index in [0.717, 1.165) is 13.1 Å². The van der Waals surface area contributed by atoms with Crippen molar-refractivity contribution in [1.29, 1.82) is 0 Å². The largest absolute Gasteiger partial charge is 0.341 e. The molecule has 0 unspecified atom stereocenters. The van der Waals surface area contributed by atoms with Gasteiger partial charge < -0.3 is 15.5 Å². The van der Waals surface area contributed by atoms with E-state index in [1.165, 1.54) is 25.9 Å². The first-order chi connectivity index (χ1) is 5.83. The van der Waals surface area contributed by atoms with E-state index in [4.69, 9.17) is 0 Å². The van der Waals surface area contributed by atoms with Gasteiger partial charge >= 0.3 is 6.03 Å². The Bertz CT molecular complexity index is 143. The van der Waals surface area contributed by atoms with E-state index in [1.54, 1.807) is 7.05 Å². The van der Waals surface area contributed by atoms with Gasteiger partial charge in [0, 0.05) is 20.1 Å². The Morgan fingerprint density at radius 3 is 2.67 bits per heavy atom. The highest BCUT2D eigenvalue weighted by molar-refractivity contribution is 5.73. The second-order valence-corrected chi connectivity index (χ2v) is 3.05. The summed E-state index contributed by atoms with van der Waals surface area (Å²) in [5.74, 6) is 0. The van der Waals surface area contributed by atoms with Gasteiger partial charge in [-0.3, -0.25) is 0 Å². The molecule has 12 heavy (non-hydrogen) atoms. The minimum atomic E-state index is -0.0887. The van der Waals surface area contributed by atoms with Gasteiger partial charge in [-0.25, -0.2) is 4.79 Å². The van der Waals surface area contributed by atoms with Gasteiger partial charge in [0.1, 0.15) is 0 Å². The number of urea groups is 1. The van der Waals surface area contributed by atoms with Gasteiger partial charge in [-0.2, -0.15) is 0 Å². The molecule has 0 spiro atoms. The zero-order valence-electron chi connectivity index (χ0n) is 7.60. The summed E-state index contributed by atoms with van der Waals surface area (Å²) in [6.45, 7) is 4.11. The number of rotatable bonds is 3. The van der Waals surface area contributed by atoms with Crippen molar-refractivity contribution in [2.24, 2.45) is 0 Å². The van der Waals surface area contributed by atoms with Gasteiger partial charge in [-0.15, -0.1) is 0 Å². The molecule has 0 aliphatic carbocycles. The fourth-order valence-electron chi connectivity index (χ4n) is 1.42. The number of nitrogens with zero attached hydrogens (tertiary/aromatic N) is 1. The van der Waals surface area contributed by atoms with Crippen molar-refractivity contribution in [2.75, 3.05) is 33.2 Å². The number of hydrogen-bond acceptors (Lipinski definition) is 2. The van der Waals surface area contributed by atoms with E-state index in [-0.39, 0.29) is 6.03 Å². The monoisotopic (exact) mass is 171 g/mol. The minimum absolute atomic E-state index is 0.0887. The Labute approximate surface area is 73.3 Å². The molecule has 1 aliphatic rings. The molecule has 70 valence electrons. The highest BCUT2D eigenvalue weighted by Gasteiger charge is 2.10. The molecule has 1 heterocycles. The maximum atomic E-state index is 10.7. The van der Waals surface area contributed by atoms with Crippen molar-refractivity contribution in [3.63, 3.8) is 0 Å². The van der Waals surface area contributed by atoms with Gasteiger partial charge in [0.05, 0.1) is 0 Å². The van der Waals surface area contributed by atoms with Crippen molar-refractivity contribution < 1.29 is 4.79 Å². The van der Waals surface area contributed by atoms with Gasteiger partial charge in [0.2, 0.25) is 0 Å². The number of likely N-dealkylation sites (tertiary alicyclic amines) is 1. The van der Waals surface area contributed by atoms with E-state index >= 15 is 0 Å². The molecule has 0 aromatic rings. The van der Waals surface area contributed by atoms with E-state index < -0.39 is 0 Å². The van der Waals surface area contributed by atoms with Crippen LogP contribution in [0.25, 0.3) is 0 Å². The fraction of sp³-hybridized carbons (Fsp3) is 0.875. The SMILES string of the molecule is CNC(=O)NCCN1CCCC1. The number of nitrogens with one attached hydrogen (secondary N) is 2. The molecular formula is C8H17N3O. The smallest absolute Gasteiger partial charge is 0.314 e. The Morgan fingerprint density at radius 1 is 1.42 bits per heavy atom. The van der Waals surface area contributed by atoms with Crippen LogP contribution in [0.4, 0.5) is 4.79 Å². The third-order valence-corrected chi connectivity index (χ3v) is 2.14. The Kier molecular flexibility index (Phi) is 3.87. The second-order valence-electron chi connectivity index (χ2n) is 3.05. The summed E-state index contributed by atoms with van der Waals surface area (Å²) in [7, 11) is 1.63. The van der Waals surface area contributed by atoms with Crippen LogP contribution < -0.4 is 10.6 Å². The summed E-state index contributed by atoms with van der Waals surface area (Å²) in [5, 5.41) is 5.29. The normalized spacial score (nSPS) is 17.8. The van der Waals surface area contributed by atoms with Crippen molar-refractivity contribution >= 4 is 6.03 Å². The third-order valence-electron chi connectivity index (χ3n) is 2.14. The second kappa shape index (κ2) is 4.98. The molecular weight excluding hydrogens is 154 g/mol. The van der Waals surface area contributed by atoms with Crippen LogP contribution in [0.15, 0.2) is 0 Å². The van der Waals surface area contributed by atoms with Gasteiger partial charge in [-0.05, 0) is 25.9 Å². The molecule has 0 atom stereocenters. The maximum Gasteiger partial charge on any atom is 0.314 e. The lowest BCUT2D eigenvalue weighted by atomic mass is 10.4. The number of carbonyl (C=O) groups is 1. The lowest BCUT2D eigenvalue weighted by molar-refractivity contribution is 0.240. The molecule has 0 aromatic heterocycles. The van der Waals surface area contributed by atoms with Gasteiger partial charge in [0.15, 0.2) is 0 Å². The first kappa shape index (κ1) is 9.32. The number of carbonyl (C=O) groups excluding carboxylic acids is 1. The molecule has 2 amide bonds. The maximum absolute atomic E-state index is 10.7. The summed E-state index contributed by atoms with van der Waals surface area (Å²) in [6.07, 6.45) is 2.61. The van der Waals surface area contributed by atoms with Crippen LogP contribution >= 0.6 is 0 Å². The average Bonchev–Trinajstić information content (AvgIpc) is 2.57. The molecule has 1 fully saturated rings. The molecule has 4 heteroatoms. The molecule has 1 rings (SSSR count). The topological polar surface area (TPSA) is 44.4 Å². The fourth-order valence-corrected chi connectivity index (χ4v) is 1.42. The Hall–Kier alpha value is -0.770. The Balaban J connectivity index is 1.97. The predicted molar refractivity (Wildman–Crippen MR) is 48.1 cm³/mol. The molecule has 4 nitrogen and oxygen atoms in total. The van der Waals surface area contributed by atoms with Crippen molar-refractivity contribution in [3.8, 4) is 0 Å². The van der Waals surface area contributed by atoms with Crippen LogP contribution in [0.2, 0.25) is 0 Å². The van der Waals surface area contributed by atoms with Gasteiger partial charge in [-0.1, -0.05) is 0 Å². The first-order valence-corrected chi connectivity index (χ1v) is 4.51. The molecule has 0 aromatic carbocycles. The quantitative estimate of drug-likeness (QED) is 0.628. The van der Waals surface area contributed by atoms with Crippen molar-refractivity contribution in [2.45, 2.75) is 12.8 Å². The summed E-state index contributed by atoms with van der Waals surface area (Å²) in [5.41, 5.74) is 0. The van der Waals surface area contributed by atoms with Crippen LogP contribution in [0.1, 0.15) is 12.8 Å². The van der Waals surface area contributed by atoms with Crippen LogP contribution in [-0.4, -0.2) is 44.2 Å². The van der Waals surface area contributed by atoms with E-state index in [1.807, 2.05) is 0 Å². The van der Waals surface area contributed by atoms with E-state index in [0.29, 0.717) is 0 Å². The lowest BCUT2D eigenvalue weighted by Crippen LogP contribution is -2.38. The molecule has 1 aliphatic heterocycles. The van der Waals surface area contributed by atoms with Crippen LogP contribution in [-0.2, 0) is 0 Å². The van der Waals surface area contributed by atoms with Crippen LogP contribution in [0.5, 0.6) is 0 Å². The third kappa shape index (κ3) is 3.09. The molecule has 0 radical (unpaired) electrons. The summed E-state index contributed by atoms with van der Waals surface area (Å²) in [6, 6.07) is -0.0887. The van der Waals surface area contributed by atoms with Crippen molar-refractivity contribution in [1.82, 2.24) is 15.5 Å². The predicted octanol–water partition coefficient (Wildman–Crippen LogP) is 0.0112. The summed E-state index contributed by atoms with van der Waals surface area (Å²) >= 11 is 0. The standard InChI is InChI=1S/C8H17N3O/c1-9-8(12)10-4-7-11-5-2-3-6-11/h2-7H2,1H3,(H2,9,10,12). The number of hydrogen-bond donors (Lipinski definition) is 2. The highest BCUT2D eigenvalue weighted by atomic mass is 16.2. The van der Waals surface area contributed by atoms with Crippen LogP contribution in [0, 0.1) is 0 Å². The molecule has 0 bridgehead atoms.